The van der Waals surface area contributed by atoms with E-state index in [9.17, 15) is 0 Å². The van der Waals surface area contributed by atoms with E-state index in [-0.39, 0.29) is 5.22 Å². The van der Waals surface area contributed by atoms with Crippen LogP contribution < -0.4 is 0 Å². The number of fused-ring (bicyclic) bond motifs is 1. The number of hydrogen-bond donors (Lipinski definition) is 1. The van der Waals surface area contributed by atoms with E-state index in [1.165, 1.54) is 0 Å². The molecule has 0 aliphatic heterocycles. The Bertz CT molecular complexity index is 662. The Morgan fingerprint density at radius 2 is 2.19 bits per heavy atom. The van der Waals surface area contributed by atoms with Gasteiger partial charge in [0.05, 0.1) is 6.20 Å². The van der Waals surface area contributed by atoms with Crippen molar-refractivity contribution in [2.75, 3.05) is 0 Å². The third-order valence-electron chi connectivity index (χ3n) is 2.10. The van der Waals surface area contributed by atoms with Gasteiger partial charge in [0.15, 0.2) is 0 Å². The molecule has 0 N–H and O–H groups in total. The lowest BCUT2D eigenvalue weighted by atomic mass is 10.4. The Labute approximate surface area is 104 Å². The van der Waals surface area contributed by atoms with Gasteiger partial charge < -0.3 is 4.42 Å². The van der Waals surface area contributed by atoms with Crippen LogP contribution >= 0.6 is 28.6 Å². The van der Waals surface area contributed by atoms with E-state index in [0.29, 0.717) is 5.89 Å². The summed E-state index contributed by atoms with van der Waals surface area (Å²) in [4.78, 5) is 4.23. The fraction of sp³-hybridized carbons (Fsp3) is 0. The summed E-state index contributed by atoms with van der Waals surface area (Å²) < 4.78 is 8.06. The Balaban J connectivity index is 2.27. The largest absolute Gasteiger partial charge is 0.410 e. The summed E-state index contributed by atoms with van der Waals surface area (Å²) in [5.74, 6) is 0.399. The molecule has 3 aromatic heterocycles. The Morgan fingerprint density at radius 3 is 2.94 bits per heavy atom. The molecule has 3 rings (SSSR count). The summed E-state index contributed by atoms with van der Waals surface area (Å²) in [6.45, 7) is 0. The number of halogens is 1. The van der Waals surface area contributed by atoms with Gasteiger partial charge in [0.1, 0.15) is 11.3 Å². The molecule has 0 atom stereocenters. The number of imidazole rings is 1. The van der Waals surface area contributed by atoms with Crippen LogP contribution in [-0.4, -0.2) is 19.6 Å². The standard InChI is InChI=1S/C9H5BrN4OS/c10-5-1-2-7-11-3-6(14(7)4-5)8-12-13-9(16)15-8/h1-4H,(H,13,16). The number of aromatic nitrogens is 4. The first-order valence-electron chi connectivity index (χ1n) is 4.39. The summed E-state index contributed by atoms with van der Waals surface area (Å²) in [6, 6.07) is 3.82. The van der Waals surface area contributed by atoms with Gasteiger partial charge >= 0.3 is 0 Å². The van der Waals surface area contributed by atoms with Crippen molar-refractivity contribution in [3.63, 3.8) is 0 Å². The first kappa shape index (κ1) is 9.86. The van der Waals surface area contributed by atoms with Crippen molar-refractivity contribution >= 4 is 34.2 Å². The molecule has 0 bridgehead atoms. The van der Waals surface area contributed by atoms with Crippen LogP contribution in [0, 0.1) is 0 Å². The highest BCUT2D eigenvalue weighted by Crippen LogP contribution is 2.22. The highest BCUT2D eigenvalue weighted by Gasteiger charge is 2.11. The van der Waals surface area contributed by atoms with Crippen molar-refractivity contribution in [1.29, 1.82) is 0 Å². The highest BCUT2D eigenvalue weighted by atomic mass is 79.9. The highest BCUT2D eigenvalue weighted by molar-refractivity contribution is 9.10. The van der Waals surface area contributed by atoms with Crippen molar-refractivity contribution in [1.82, 2.24) is 19.6 Å². The second-order valence-corrected chi connectivity index (χ2v) is 4.41. The van der Waals surface area contributed by atoms with Crippen molar-refractivity contribution in [3.05, 3.63) is 29.0 Å². The molecule has 0 amide bonds. The molecular weight excluding hydrogens is 292 g/mol. The van der Waals surface area contributed by atoms with E-state index in [1.54, 1.807) is 6.20 Å². The molecule has 0 aromatic carbocycles. The zero-order chi connectivity index (χ0) is 11.1. The van der Waals surface area contributed by atoms with E-state index < -0.39 is 0 Å². The Kier molecular flexibility index (Phi) is 2.22. The zero-order valence-electron chi connectivity index (χ0n) is 7.83. The summed E-state index contributed by atoms with van der Waals surface area (Å²) in [6.07, 6.45) is 3.57. The predicted molar refractivity (Wildman–Crippen MR) is 63.4 cm³/mol. The number of thiol groups is 1. The van der Waals surface area contributed by atoms with Gasteiger partial charge in [-0.2, -0.15) is 0 Å². The average molecular weight is 297 g/mol. The fourth-order valence-electron chi connectivity index (χ4n) is 1.43. The van der Waals surface area contributed by atoms with Gasteiger partial charge in [0.2, 0.25) is 0 Å². The minimum atomic E-state index is 0.236. The van der Waals surface area contributed by atoms with Crippen LogP contribution in [0.25, 0.3) is 17.2 Å². The minimum absolute atomic E-state index is 0.236. The molecule has 0 saturated carbocycles. The van der Waals surface area contributed by atoms with Crippen LogP contribution in [0.15, 0.2) is 38.6 Å². The van der Waals surface area contributed by atoms with Crippen molar-refractivity contribution < 1.29 is 4.42 Å². The number of pyridine rings is 1. The monoisotopic (exact) mass is 296 g/mol. The molecule has 0 aliphatic rings. The summed E-state index contributed by atoms with van der Waals surface area (Å²) in [5.41, 5.74) is 1.56. The van der Waals surface area contributed by atoms with E-state index in [4.69, 9.17) is 4.42 Å². The maximum atomic E-state index is 5.24. The second-order valence-electron chi connectivity index (χ2n) is 3.11. The molecule has 0 aliphatic carbocycles. The van der Waals surface area contributed by atoms with Crippen LogP contribution in [0.5, 0.6) is 0 Å². The molecule has 3 aromatic rings. The molecule has 0 unspecified atom stereocenters. The zero-order valence-corrected chi connectivity index (χ0v) is 10.3. The van der Waals surface area contributed by atoms with E-state index in [2.05, 4.69) is 43.7 Å². The molecule has 80 valence electrons. The summed E-state index contributed by atoms with van der Waals surface area (Å²) >= 11 is 7.37. The van der Waals surface area contributed by atoms with Gasteiger partial charge in [0.25, 0.3) is 11.1 Å². The van der Waals surface area contributed by atoms with Crippen LogP contribution in [0.3, 0.4) is 0 Å². The molecule has 0 saturated heterocycles. The lowest BCUT2D eigenvalue weighted by Crippen LogP contribution is -1.88. The molecule has 0 fully saturated rings. The Hall–Kier alpha value is -1.34. The van der Waals surface area contributed by atoms with Gasteiger partial charge in [-0.1, -0.05) is 12.6 Å². The number of hydrogen-bond acceptors (Lipinski definition) is 5. The summed E-state index contributed by atoms with van der Waals surface area (Å²) in [7, 11) is 0. The molecule has 0 radical (unpaired) electrons. The first-order chi connectivity index (χ1) is 7.74. The molecule has 0 spiro atoms. The van der Waals surface area contributed by atoms with Crippen molar-refractivity contribution in [3.8, 4) is 11.6 Å². The van der Waals surface area contributed by atoms with E-state index >= 15 is 0 Å². The quantitative estimate of drug-likeness (QED) is 0.701. The normalized spacial score (nSPS) is 11.1. The van der Waals surface area contributed by atoms with Crippen molar-refractivity contribution in [2.24, 2.45) is 0 Å². The third kappa shape index (κ3) is 1.52. The van der Waals surface area contributed by atoms with Crippen LogP contribution in [0.1, 0.15) is 0 Å². The molecule has 3 heterocycles. The van der Waals surface area contributed by atoms with Gasteiger partial charge in [-0.15, -0.1) is 10.2 Å². The SMILES string of the molecule is Sc1nnc(-c2cnc3ccc(Br)cn23)o1. The van der Waals surface area contributed by atoms with Gasteiger partial charge in [-0.05, 0) is 28.1 Å². The number of rotatable bonds is 1. The fourth-order valence-corrected chi connectivity index (χ4v) is 1.90. The average Bonchev–Trinajstić information content (AvgIpc) is 2.83. The third-order valence-corrected chi connectivity index (χ3v) is 2.75. The predicted octanol–water partition coefficient (Wildman–Crippen LogP) is 2.44. The first-order valence-corrected chi connectivity index (χ1v) is 5.63. The maximum absolute atomic E-state index is 5.24. The molecule has 16 heavy (non-hydrogen) atoms. The molecule has 7 heteroatoms. The summed E-state index contributed by atoms with van der Waals surface area (Å²) in [5, 5.41) is 7.80. The lowest BCUT2D eigenvalue weighted by molar-refractivity contribution is 0.466. The second kappa shape index (κ2) is 3.60. The van der Waals surface area contributed by atoms with E-state index in [0.717, 1.165) is 15.8 Å². The van der Waals surface area contributed by atoms with Crippen LogP contribution in [0.2, 0.25) is 0 Å². The topological polar surface area (TPSA) is 56.2 Å². The van der Waals surface area contributed by atoms with Gasteiger partial charge in [-0.3, -0.25) is 4.40 Å². The minimum Gasteiger partial charge on any atom is -0.410 e. The molecule has 5 nitrogen and oxygen atoms in total. The van der Waals surface area contributed by atoms with Gasteiger partial charge in [0, 0.05) is 10.7 Å². The maximum Gasteiger partial charge on any atom is 0.273 e. The van der Waals surface area contributed by atoms with Gasteiger partial charge in [-0.25, -0.2) is 4.98 Å². The van der Waals surface area contributed by atoms with Crippen molar-refractivity contribution in [2.45, 2.75) is 5.22 Å². The Morgan fingerprint density at radius 1 is 1.31 bits per heavy atom. The smallest absolute Gasteiger partial charge is 0.273 e. The van der Waals surface area contributed by atoms with E-state index in [1.807, 2.05) is 22.7 Å². The number of nitrogens with zero attached hydrogens (tertiary/aromatic N) is 4. The van der Waals surface area contributed by atoms with Crippen LogP contribution in [-0.2, 0) is 0 Å². The lowest BCUT2D eigenvalue weighted by Gasteiger charge is -1.97. The molecular formula is C9H5BrN4OS. The van der Waals surface area contributed by atoms with Crippen LogP contribution in [0.4, 0.5) is 0 Å².